The molecule has 2 nitrogen and oxygen atoms in total. The molecule has 0 amide bonds. The van der Waals surface area contributed by atoms with Crippen LogP contribution in [-0.2, 0) is 4.79 Å². The lowest BCUT2D eigenvalue weighted by Crippen LogP contribution is -2.32. The Kier molecular flexibility index (Phi) is 2.47. The SMILES string of the molecule is O=C(O)C1(F)CCCCCC1. The van der Waals surface area contributed by atoms with Gasteiger partial charge in [0.25, 0.3) is 0 Å². The molecule has 1 aliphatic rings. The second kappa shape index (κ2) is 3.20. The fraction of sp³-hybridized carbons (Fsp3) is 0.875. The zero-order chi connectivity index (χ0) is 8.32. The van der Waals surface area contributed by atoms with Gasteiger partial charge >= 0.3 is 5.97 Å². The molecule has 64 valence electrons. The van der Waals surface area contributed by atoms with Crippen LogP contribution < -0.4 is 0 Å². The fourth-order valence-corrected chi connectivity index (χ4v) is 1.50. The number of hydrogen-bond donors (Lipinski definition) is 1. The molecule has 0 unspecified atom stereocenters. The topological polar surface area (TPSA) is 37.3 Å². The number of carbonyl (C=O) groups is 1. The van der Waals surface area contributed by atoms with E-state index in [-0.39, 0.29) is 12.8 Å². The average Bonchev–Trinajstić information content (AvgIpc) is 2.15. The monoisotopic (exact) mass is 160 g/mol. The summed E-state index contributed by atoms with van der Waals surface area (Å²) in [4.78, 5) is 10.5. The zero-order valence-corrected chi connectivity index (χ0v) is 6.48. The first-order valence-electron chi connectivity index (χ1n) is 4.07. The Hall–Kier alpha value is -0.600. The van der Waals surface area contributed by atoms with Crippen molar-refractivity contribution in [2.75, 3.05) is 0 Å². The maximum Gasteiger partial charge on any atom is 0.341 e. The molecule has 0 aromatic carbocycles. The second-order valence-corrected chi connectivity index (χ2v) is 3.18. The van der Waals surface area contributed by atoms with E-state index < -0.39 is 11.6 Å². The summed E-state index contributed by atoms with van der Waals surface area (Å²) in [5, 5.41) is 8.55. The van der Waals surface area contributed by atoms with Crippen molar-refractivity contribution < 1.29 is 14.3 Å². The van der Waals surface area contributed by atoms with Crippen molar-refractivity contribution in [1.29, 1.82) is 0 Å². The van der Waals surface area contributed by atoms with Gasteiger partial charge in [-0.15, -0.1) is 0 Å². The van der Waals surface area contributed by atoms with E-state index in [0.717, 1.165) is 12.8 Å². The number of halogens is 1. The lowest BCUT2D eigenvalue weighted by molar-refractivity contribution is -0.151. The van der Waals surface area contributed by atoms with E-state index in [1.165, 1.54) is 0 Å². The first-order valence-corrected chi connectivity index (χ1v) is 4.07. The standard InChI is InChI=1S/C8H13FO2/c9-8(7(10)11)5-3-1-2-4-6-8/h1-6H2,(H,10,11). The molecule has 0 atom stereocenters. The molecule has 0 aromatic heterocycles. The van der Waals surface area contributed by atoms with Crippen LogP contribution in [0.5, 0.6) is 0 Å². The lowest BCUT2D eigenvalue weighted by Gasteiger charge is -2.16. The van der Waals surface area contributed by atoms with Crippen LogP contribution in [0, 0.1) is 0 Å². The molecule has 0 heterocycles. The van der Waals surface area contributed by atoms with Gasteiger partial charge in [-0.25, -0.2) is 9.18 Å². The van der Waals surface area contributed by atoms with Crippen molar-refractivity contribution in [3.05, 3.63) is 0 Å². The number of rotatable bonds is 1. The Labute approximate surface area is 65.4 Å². The van der Waals surface area contributed by atoms with Crippen LogP contribution in [-0.4, -0.2) is 16.7 Å². The molecule has 1 fully saturated rings. The van der Waals surface area contributed by atoms with E-state index in [0.29, 0.717) is 12.8 Å². The quantitative estimate of drug-likeness (QED) is 0.596. The number of alkyl halides is 1. The summed E-state index contributed by atoms with van der Waals surface area (Å²) in [7, 11) is 0. The van der Waals surface area contributed by atoms with Gasteiger partial charge in [-0.2, -0.15) is 0 Å². The summed E-state index contributed by atoms with van der Waals surface area (Å²) in [5.74, 6) is -1.28. The van der Waals surface area contributed by atoms with Gasteiger partial charge in [0.15, 0.2) is 0 Å². The van der Waals surface area contributed by atoms with Gasteiger partial charge in [0.1, 0.15) is 0 Å². The molecular formula is C8H13FO2. The van der Waals surface area contributed by atoms with E-state index in [4.69, 9.17) is 5.11 Å². The van der Waals surface area contributed by atoms with E-state index in [1.54, 1.807) is 0 Å². The third kappa shape index (κ3) is 1.91. The molecule has 0 saturated heterocycles. The van der Waals surface area contributed by atoms with Crippen molar-refractivity contribution in [3.8, 4) is 0 Å². The molecule has 0 aliphatic heterocycles. The maximum absolute atomic E-state index is 13.4. The Morgan fingerprint density at radius 1 is 1.18 bits per heavy atom. The van der Waals surface area contributed by atoms with Gasteiger partial charge in [-0.3, -0.25) is 0 Å². The first-order chi connectivity index (χ1) is 5.15. The Bertz CT molecular complexity index is 148. The average molecular weight is 160 g/mol. The highest BCUT2D eigenvalue weighted by atomic mass is 19.1. The summed E-state index contributed by atoms with van der Waals surface area (Å²) in [6, 6.07) is 0. The van der Waals surface area contributed by atoms with Gasteiger partial charge in [-0.05, 0) is 25.7 Å². The molecule has 1 aliphatic carbocycles. The molecule has 11 heavy (non-hydrogen) atoms. The van der Waals surface area contributed by atoms with Gasteiger partial charge in [0.2, 0.25) is 5.67 Å². The van der Waals surface area contributed by atoms with Crippen molar-refractivity contribution in [3.63, 3.8) is 0 Å². The maximum atomic E-state index is 13.4. The minimum atomic E-state index is -1.92. The highest BCUT2D eigenvalue weighted by Crippen LogP contribution is 2.30. The Balaban J connectivity index is 2.59. The summed E-state index contributed by atoms with van der Waals surface area (Å²) in [6.07, 6.45) is 3.76. The third-order valence-corrected chi connectivity index (χ3v) is 2.28. The molecule has 0 bridgehead atoms. The number of hydrogen-bond acceptors (Lipinski definition) is 1. The van der Waals surface area contributed by atoms with E-state index >= 15 is 0 Å². The summed E-state index contributed by atoms with van der Waals surface area (Å²) < 4.78 is 13.4. The van der Waals surface area contributed by atoms with Crippen LogP contribution in [0.4, 0.5) is 4.39 Å². The van der Waals surface area contributed by atoms with Crippen LogP contribution in [0.1, 0.15) is 38.5 Å². The predicted molar refractivity (Wildman–Crippen MR) is 39.2 cm³/mol. The minimum absolute atomic E-state index is 0.197. The van der Waals surface area contributed by atoms with Gasteiger partial charge in [0, 0.05) is 0 Å². The normalized spacial score (nSPS) is 24.1. The van der Waals surface area contributed by atoms with Crippen LogP contribution in [0.15, 0.2) is 0 Å². The van der Waals surface area contributed by atoms with Gasteiger partial charge in [0.05, 0.1) is 0 Å². The molecule has 3 heteroatoms. The molecular weight excluding hydrogens is 147 g/mol. The van der Waals surface area contributed by atoms with Crippen LogP contribution in [0.2, 0.25) is 0 Å². The van der Waals surface area contributed by atoms with Gasteiger partial charge in [-0.1, -0.05) is 12.8 Å². The van der Waals surface area contributed by atoms with Crippen molar-refractivity contribution in [1.82, 2.24) is 0 Å². The summed E-state index contributed by atoms with van der Waals surface area (Å²) >= 11 is 0. The third-order valence-electron chi connectivity index (χ3n) is 2.28. The molecule has 0 radical (unpaired) electrons. The Morgan fingerprint density at radius 3 is 2.00 bits per heavy atom. The predicted octanol–water partition coefficient (Wildman–Crippen LogP) is 2.13. The van der Waals surface area contributed by atoms with Crippen molar-refractivity contribution in [2.24, 2.45) is 0 Å². The van der Waals surface area contributed by atoms with Crippen molar-refractivity contribution in [2.45, 2.75) is 44.2 Å². The molecule has 0 spiro atoms. The second-order valence-electron chi connectivity index (χ2n) is 3.18. The van der Waals surface area contributed by atoms with E-state index in [1.807, 2.05) is 0 Å². The minimum Gasteiger partial charge on any atom is -0.479 e. The van der Waals surface area contributed by atoms with Crippen LogP contribution in [0.25, 0.3) is 0 Å². The number of aliphatic carboxylic acids is 1. The smallest absolute Gasteiger partial charge is 0.341 e. The summed E-state index contributed by atoms with van der Waals surface area (Å²) in [5.41, 5.74) is -1.92. The highest BCUT2D eigenvalue weighted by molar-refractivity contribution is 5.77. The lowest BCUT2D eigenvalue weighted by atomic mass is 9.97. The number of carboxylic acids is 1. The Morgan fingerprint density at radius 2 is 1.64 bits per heavy atom. The fourth-order valence-electron chi connectivity index (χ4n) is 1.50. The number of carboxylic acid groups (broad SMARTS) is 1. The van der Waals surface area contributed by atoms with E-state index in [9.17, 15) is 9.18 Å². The first kappa shape index (κ1) is 8.50. The zero-order valence-electron chi connectivity index (χ0n) is 6.48. The largest absolute Gasteiger partial charge is 0.479 e. The highest BCUT2D eigenvalue weighted by Gasteiger charge is 2.38. The van der Waals surface area contributed by atoms with Crippen molar-refractivity contribution >= 4 is 5.97 Å². The van der Waals surface area contributed by atoms with Crippen LogP contribution >= 0.6 is 0 Å². The molecule has 0 aromatic rings. The summed E-state index contributed by atoms with van der Waals surface area (Å²) in [6.45, 7) is 0. The molecule has 1 saturated carbocycles. The van der Waals surface area contributed by atoms with Crippen LogP contribution in [0.3, 0.4) is 0 Å². The van der Waals surface area contributed by atoms with Gasteiger partial charge < -0.3 is 5.11 Å². The van der Waals surface area contributed by atoms with E-state index in [2.05, 4.69) is 0 Å². The molecule has 1 rings (SSSR count). The molecule has 1 N–H and O–H groups in total.